The van der Waals surface area contributed by atoms with Gasteiger partial charge in [-0.1, -0.05) is 25.3 Å². The summed E-state index contributed by atoms with van der Waals surface area (Å²) in [5, 5.41) is 5.90. The van der Waals surface area contributed by atoms with E-state index in [1.807, 2.05) is 0 Å². The second-order valence-electron chi connectivity index (χ2n) is 8.26. The highest BCUT2D eigenvalue weighted by Gasteiger charge is 2.49. The molecule has 0 bridgehead atoms. The minimum atomic E-state index is -4.48. The summed E-state index contributed by atoms with van der Waals surface area (Å²) in [6.07, 6.45) is -0.0910. The third-order valence-electron chi connectivity index (χ3n) is 6.10. The van der Waals surface area contributed by atoms with E-state index in [-0.39, 0.29) is 30.5 Å². The second-order valence-corrected chi connectivity index (χ2v) is 8.26. The molecular formula is C21H27F3N2O4. The number of amides is 1. The lowest BCUT2D eigenvalue weighted by molar-refractivity contribution is -0.137. The number of alkyl halides is 3. The number of benzene rings is 1. The van der Waals surface area contributed by atoms with Gasteiger partial charge in [-0.2, -0.15) is 13.2 Å². The maximum Gasteiger partial charge on any atom is 0.416 e. The summed E-state index contributed by atoms with van der Waals surface area (Å²) in [5.74, 6) is 0.685. The van der Waals surface area contributed by atoms with Gasteiger partial charge in [0.1, 0.15) is 12.2 Å². The summed E-state index contributed by atoms with van der Waals surface area (Å²) in [6, 6.07) is 4.47. The first-order valence-corrected chi connectivity index (χ1v) is 10.5. The Labute approximate surface area is 173 Å². The molecule has 0 unspecified atom stereocenters. The van der Waals surface area contributed by atoms with Crippen LogP contribution in [0.15, 0.2) is 24.3 Å². The molecule has 2 aliphatic heterocycles. The van der Waals surface area contributed by atoms with Crippen molar-refractivity contribution in [1.29, 1.82) is 0 Å². The van der Waals surface area contributed by atoms with Crippen LogP contribution in [0.1, 0.15) is 37.7 Å². The largest absolute Gasteiger partial charge is 0.441 e. The molecule has 3 aliphatic rings. The van der Waals surface area contributed by atoms with Crippen LogP contribution in [-0.4, -0.2) is 50.2 Å². The topological polar surface area (TPSA) is 68.8 Å². The molecule has 4 rings (SSSR count). The van der Waals surface area contributed by atoms with Crippen LogP contribution in [0.3, 0.4) is 0 Å². The fourth-order valence-corrected chi connectivity index (χ4v) is 4.51. The molecule has 1 amide bonds. The lowest BCUT2D eigenvalue weighted by atomic mass is 9.89. The molecule has 2 heterocycles. The quantitative estimate of drug-likeness (QED) is 0.743. The first-order valence-electron chi connectivity index (χ1n) is 10.5. The molecule has 2 N–H and O–H groups in total. The van der Waals surface area contributed by atoms with E-state index in [2.05, 4.69) is 10.6 Å². The summed E-state index contributed by atoms with van der Waals surface area (Å²) in [5.41, 5.74) is -0.819. The molecule has 4 atom stereocenters. The van der Waals surface area contributed by atoms with Crippen molar-refractivity contribution in [1.82, 2.24) is 5.32 Å². The molecule has 0 radical (unpaired) electrons. The summed E-state index contributed by atoms with van der Waals surface area (Å²) >= 11 is 0. The van der Waals surface area contributed by atoms with Gasteiger partial charge in [0.2, 0.25) is 0 Å². The molecule has 166 valence electrons. The van der Waals surface area contributed by atoms with E-state index in [0.29, 0.717) is 12.5 Å². The summed E-state index contributed by atoms with van der Waals surface area (Å²) in [4.78, 5) is 12.2. The Bertz CT molecular complexity index is 739. The Hall–Kier alpha value is -1.84. The first kappa shape index (κ1) is 21.4. The predicted octanol–water partition coefficient (Wildman–Crippen LogP) is 3.96. The maximum absolute atomic E-state index is 12.8. The highest BCUT2D eigenvalue weighted by atomic mass is 19.4. The monoisotopic (exact) mass is 428 g/mol. The van der Waals surface area contributed by atoms with Gasteiger partial charge in [0.25, 0.3) is 0 Å². The number of carbonyl (C=O) groups is 1. The van der Waals surface area contributed by atoms with Crippen molar-refractivity contribution >= 4 is 11.8 Å². The van der Waals surface area contributed by atoms with Crippen molar-refractivity contribution < 1.29 is 32.2 Å². The lowest BCUT2D eigenvalue weighted by Gasteiger charge is -2.25. The molecule has 30 heavy (non-hydrogen) atoms. The van der Waals surface area contributed by atoms with Gasteiger partial charge >= 0.3 is 12.3 Å². The zero-order chi connectivity index (χ0) is 21.1. The van der Waals surface area contributed by atoms with Gasteiger partial charge in [-0.15, -0.1) is 0 Å². The van der Waals surface area contributed by atoms with E-state index in [0.717, 1.165) is 18.7 Å². The fourth-order valence-electron chi connectivity index (χ4n) is 4.51. The number of fused-ring (bicyclic) bond motifs is 1. The number of hydrogen-bond acceptors (Lipinski definition) is 5. The standard InChI is InChI=1S/C21H27F3N2O4/c22-21(23,24)14-7-4-8-15(9-14)26-20(27)30-17-12-29-18-16(11-28-19(17)18)25-10-13-5-2-1-3-6-13/h4,7-9,13,16-19,25H,1-3,5-6,10-12H2,(H,26,27)/t16-,17-,18-,19+/m0/s1. The molecule has 3 fully saturated rings. The minimum absolute atomic E-state index is 0.0182. The van der Waals surface area contributed by atoms with Crippen LogP contribution in [0, 0.1) is 5.92 Å². The molecule has 1 aliphatic carbocycles. The second kappa shape index (κ2) is 9.11. The van der Waals surface area contributed by atoms with Crippen LogP contribution in [0.4, 0.5) is 23.7 Å². The number of nitrogens with one attached hydrogen (secondary N) is 2. The normalized spacial score (nSPS) is 29.6. The Morgan fingerprint density at radius 1 is 1.10 bits per heavy atom. The molecule has 1 aromatic rings. The molecule has 0 spiro atoms. The van der Waals surface area contributed by atoms with Crippen LogP contribution in [0.25, 0.3) is 0 Å². The zero-order valence-electron chi connectivity index (χ0n) is 16.6. The molecular weight excluding hydrogens is 401 g/mol. The summed E-state index contributed by atoms with van der Waals surface area (Å²) in [6.45, 7) is 1.62. The molecule has 0 aromatic heterocycles. The van der Waals surface area contributed by atoms with Gasteiger partial charge in [0, 0.05) is 5.69 Å². The van der Waals surface area contributed by atoms with E-state index in [9.17, 15) is 18.0 Å². The van der Waals surface area contributed by atoms with Crippen molar-refractivity contribution in [3.63, 3.8) is 0 Å². The molecule has 1 saturated carbocycles. The van der Waals surface area contributed by atoms with Gasteiger partial charge in [0.15, 0.2) is 6.10 Å². The molecule has 2 saturated heterocycles. The Morgan fingerprint density at radius 3 is 2.63 bits per heavy atom. The molecule has 9 heteroatoms. The average Bonchev–Trinajstić information content (AvgIpc) is 3.30. The SMILES string of the molecule is O=C(Nc1cccc(C(F)(F)F)c1)O[C@H]1CO[C@@H]2[C@@H]1OC[C@@H]2NCC1CCCCC1. The van der Waals surface area contributed by atoms with Crippen molar-refractivity contribution in [2.45, 2.75) is 62.6 Å². The highest BCUT2D eigenvalue weighted by molar-refractivity contribution is 5.84. The van der Waals surface area contributed by atoms with Crippen molar-refractivity contribution in [2.24, 2.45) is 5.92 Å². The lowest BCUT2D eigenvalue weighted by Crippen LogP contribution is -2.43. The molecule has 6 nitrogen and oxygen atoms in total. The van der Waals surface area contributed by atoms with E-state index in [1.54, 1.807) is 0 Å². The maximum atomic E-state index is 12.8. The number of carbonyl (C=O) groups excluding carboxylic acids is 1. The van der Waals surface area contributed by atoms with Crippen molar-refractivity contribution in [3.05, 3.63) is 29.8 Å². The van der Waals surface area contributed by atoms with Gasteiger partial charge in [0.05, 0.1) is 24.8 Å². The van der Waals surface area contributed by atoms with Crippen LogP contribution in [0.2, 0.25) is 0 Å². The van der Waals surface area contributed by atoms with Crippen LogP contribution in [0.5, 0.6) is 0 Å². The number of anilines is 1. The Kier molecular flexibility index (Phi) is 6.50. The minimum Gasteiger partial charge on any atom is -0.441 e. The van der Waals surface area contributed by atoms with Crippen molar-refractivity contribution in [3.8, 4) is 0 Å². The van der Waals surface area contributed by atoms with Gasteiger partial charge < -0.3 is 19.5 Å². The molecule has 1 aromatic carbocycles. The third kappa shape index (κ3) is 5.07. The van der Waals surface area contributed by atoms with Crippen LogP contribution in [-0.2, 0) is 20.4 Å². The predicted molar refractivity (Wildman–Crippen MR) is 103 cm³/mol. The van der Waals surface area contributed by atoms with Gasteiger partial charge in [-0.3, -0.25) is 5.32 Å². The smallest absolute Gasteiger partial charge is 0.416 e. The third-order valence-corrected chi connectivity index (χ3v) is 6.10. The number of halogens is 3. The average molecular weight is 428 g/mol. The van der Waals surface area contributed by atoms with Gasteiger partial charge in [-0.05, 0) is 43.5 Å². The highest BCUT2D eigenvalue weighted by Crippen LogP contribution is 2.32. The number of ether oxygens (including phenoxy) is 3. The van der Waals surface area contributed by atoms with Crippen LogP contribution >= 0.6 is 0 Å². The summed E-state index contributed by atoms with van der Waals surface area (Å²) in [7, 11) is 0. The Morgan fingerprint density at radius 2 is 1.87 bits per heavy atom. The Balaban J connectivity index is 1.26. The fraction of sp³-hybridized carbons (Fsp3) is 0.667. The van der Waals surface area contributed by atoms with E-state index in [1.165, 1.54) is 44.2 Å². The van der Waals surface area contributed by atoms with E-state index in [4.69, 9.17) is 14.2 Å². The number of rotatable bonds is 5. The van der Waals surface area contributed by atoms with E-state index >= 15 is 0 Å². The van der Waals surface area contributed by atoms with Crippen molar-refractivity contribution in [2.75, 3.05) is 25.1 Å². The number of hydrogen-bond donors (Lipinski definition) is 2. The zero-order valence-corrected chi connectivity index (χ0v) is 16.6. The first-order chi connectivity index (χ1) is 14.4. The van der Waals surface area contributed by atoms with E-state index < -0.39 is 23.9 Å². The van der Waals surface area contributed by atoms with Crippen LogP contribution < -0.4 is 10.6 Å². The summed E-state index contributed by atoms with van der Waals surface area (Å²) < 4.78 is 55.5. The van der Waals surface area contributed by atoms with Gasteiger partial charge in [-0.25, -0.2) is 4.79 Å².